The van der Waals surface area contributed by atoms with Crippen molar-refractivity contribution in [2.24, 2.45) is 7.05 Å². The van der Waals surface area contributed by atoms with Gasteiger partial charge in [0.05, 0.1) is 33.7 Å². The molecule has 4 heterocycles. The van der Waals surface area contributed by atoms with Gasteiger partial charge in [-0.1, -0.05) is 24.3 Å². The van der Waals surface area contributed by atoms with Gasteiger partial charge in [-0.3, -0.25) is 0 Å². The molecule has 0 N–H and O–H groups in total. The number of nitrogens with zero attached hydrogens (tertiary/aromatic N) is 3. The van der Waals surface area contributed by atoms with Crippen LogP contribution in [0.5, 0.6) is 0 Å². The minimum absolute atomic E-state index is 1.12. The molecule has 0 aliphatic rings. The third-order valence-corrected chi connectivity index (χ3v) is 7.84. The zero-order chi connectivity index (χ0) is 20.3. The molecule has 0 saturated carbocycles. The second kappa shape index (κ2) is 5.27. The SMILES string of the molecule is Cc1cc(C)c2c(c1C)c1c3c(nc[n+]1C)c1sccc1c1c4ccccc4n2c13. The first-order valence-corrected chi connectivity index (χ1v) is 11.2. The number of hydrogen-bond donors (Lipinski definition) is 0. The maximum absolute atomic E-state index is 4.94. The molecule has 0 atom stereocenters. The summed E-state index contributed by atoms with van der Waals surface area (Å²) in [5.41, 5.74) is 10.3. The monoisotopic (exact) mass is 406 g/mol. The van der Waals surface area contributed by atoms with Crippen molar-refractivity contribution in [2.75, 3.05) is 0 Å². The summed E-state index contributed by atoms with van der Waals surface area (Å²) >= 11 is 1.80. The molecule has 0 fully saturated rings. The number of aryl methyl sites for hydroxylation is 4. The van der Waals surface area contributed by atoms with Crippen LogP contribution in [0.15, 0.2) is 48.1 Å². The van der Waals surface area contributed by atoms with Crippen molar-refractivity contribution < 1.29 is 4.57 Å². The van der Waals surface area contributed by atoms with E-state index in [0.29, 0.717) is 0 Å². The molecular formula is C26H20N3S+. The standard InChI is InChI=1S/C26H20N3S/c1-13-11-14(2)23-19(15(13)3)24-21-22(27-12-28(24)4)26-17(9-10-30-26)20-16-7-5-6-8-18(16)29(23)25(20)21/h5-12H,1-4H3/q+1. The fourth-order valence-corrected chi connectivity index (χ4v) is 6.48. The van der Waals surface area contributed by atoms with Crippen LogP contribution in [0.1, 0.15) is 16.7 Å². The van der Waals surface area contributed by atoms with E-state index in [1.54, 1.807) is 11.3 Å². The molecule has 0 spiro atoms. The predicted molar refractivity (Wildman–Crippen MR) is 127 cm³/mol. The van der Waals surface area contributed by atoms with E-state index in [0.717, 1.165) is 5.52 Å². The highest BCUT2D eigenvalue weighted by Crippen LogP contribution is 2.46. The summed E-state index contributed by atoms with van der Waals surface area (Å²) in [6.45, 7) is 6.73. The zero-order valence-electron chi connectivity index (χ0n) is 17.4. The van der Waals surface area contributed by atoms with Crippen molar-refractivity contribution >= 4 is 70.6 Å². The van der Waals surface area contributed by atoms with Crippen LogP contribution in [-0.2, 0) is 7.05 Å². The lowest BCUT2D eigenvalue weighted by Gasteiger charge is -2.16. The Balaban J connectivity index is 2.07. The maximum Gasteiger partial charge on any atom is 0.287 e. The number of benzene rings is 3. The van der Waals surface area contributed by atoms with Crippen LogP contribution < -0.4 is 4.57 Å². The van der Waals surface area contributed by atoms with Crippen molar-refractivity contribution in [3.8, 4) is 0 Å². The molecule has 3 aromatic carbocycles. The number of rotatable bonds is 0. The van der Waals surface area contributed by atoms with Gasteiger partial charge < -0.3 is 4.40 Å². The van der Waals surface area contributed by atoms with Gasteiger partial charge in [0.1, 0.15) is 5.52 Å². The molecule has 144 valence electrons. The highest BCUT2D eigenvalue weighted by molar-refractivity contribution is 7.18. The Bertz CT molecular complexity index is 1810. The molecule has 0 aliphatic carbocycles. The average Bonchev–Trinajstić information content (AvgIpc) is 3.35. The fraction of sp³-hybridized carbons (Fsp3) is 0.154. The molecule has 4 heteroatoms. The number of para-hydroxylation sites is 1. The van der Waals surface area contributed by atoms with Crippen LogP contribution in [0.4, 0.5) is 0 Å². The largest absolute Gasteiger partial charge is 0.307 e. The number of pyridine rings is 1. The number of aromatic nitrogens is 3. The van der Waals surface area contributed by atoms with Crippen LogP contribution in [-0.4, -0.2) is 9.38 Å². The Morgan fingerprint density at radius 2 is 1.73 bits per heavy atom. The summed E-state index contributed by atoms with van der Waals surface area (Å²) in [4.78, 5) is 4.94. The summed E-state index contributed by atoms with van der Waals surface area (Å²) in [6.07, 6.45) is 1.99. The van der Waals surface area contributed by atoms with Gasteiger partial charge >= 0.3 is 0 Å². The second-order valence-electron chi connectivity index (χ2n) is 8.53. The van der Waals surface area contributed by atoms with E-state index in [1.165, 1.54) is 70.4 Å². The van der Waals surface area contributed by atoms with Crippen LogP contribution in [0.25, 0.3) is 59.2 Å². The number of fused-ring (bicyclic) bond motifs is 9. The van der Waals surface area contributed by atoms with Crippen molar-refractivity contribution in [3.63, 3.8) is 0 Å². The lowest BCUT2D eigenvalue weighted by Crippen LogP contribution is -2.30. The average molecular weight is 407 g/mol. The Hall–Kier alpha value is -3.24. The Morgan fingerprint density at radius 1 is 0.900 bits per heavy atom. The van der Waals surface area contributed by atoms with Gasteiger partial charge in [0.2, 0.25) is 5.52 Å². The molecule has 30 heavy (non-hydrogen) atoms. The lowest BCUT2D eigenvalue weighted by molar-refractivity contribution is -0.646. The van der Waals surface area contributed by atoms with Gasteiger partial charge in [-0.25, -0.2) is 4.57 Å². The van der Waals surface area contributed by atoms with Crippen molar-refractivity contribution in [3.05, 3.63) is 64.8 Å². The van der Waals surface area contributed by atoms with Crippen LogP contribution in [0.3, 0.4) is 0 Å². The van der Waals surface area contributed by atoms with Crippen LogP contribution in [0.2, 0.25) is 0 Å². The summed E-state index contributed by atoms with van der Waals surface area (Å²) in [6, 6.07) is 13.4. The molecule has 3 nitrogen and oxygen atoms in total. The molecule has 7 rings (SSSR count). The Labute approximate surface area is 177 Å². The predicted octanol–water partition coefficient (Wildman–Crippen LogP) is 6.35. The normalized spacial score (nSPS) is 12.7. The number of thiophene rings is 1. The van der Waals surface area contributed by atoms with Gasteiger partial charge in [-0.05, 0) is 60.0 Å². The Morgan fingerprint density at radius 3 is 2.60 bits per heavy atom. The maximum atomic E-state index is 4.94. The molecule has 0 saturated heterocycles. The molecule has 0 aliphatic heterocycles. The summed E-state index contributed by atoms with van der Waals surface area (Å²) in [5.74, 6) is 0. The Kier molecular flexibility index (Phi) is 2.90. The lowest BCUT2D eigenvalue weighted by atomic mass is 9.96. The third-order valence-electron chi connectivity index (χ3n) is 6.92. The van der Waals surface area contributed by atoms with Gasteiger partial charge in [-0.15, -0.1) is 11.3 Å². The quantitative estimate of drug-likeness (QED) is 0.163. The first-order valence-electron chi connectivity index (χ1n) is 10.3. The zero-order valence-corrected chi connectivity index (χ0v) is 18.2. The highest BCUT2D eigenvalue weighted by Gasteiger charge is 2.28. The van der Waals surface area contributed by atoms with Gasteiger partial charge in [-0.2, -0.15) is 0 Å². The van der Waals surface area contributed by atoms with Gasteiger partial charge in [0.25, 0.3) is 6.33 Å². The van der Waals surface area contributed by atoms with E-state index in [2.05, 4.69) is 78.6 Å². The van der Waals surface area contributed by atoms with Gasteiger partial charge in [0, 0.05) is 21.5 Å². The highest BCUT2D eigenvalue weighted by atomic mass is 32.1. The molecule has 0 radical (unpaired) electrons. The first-order chi connectivity index (χ1) is 14.6. The first kappa shape index (κ1) is 16.5. The summed E-state index contributed by atoms with van der Waals surface area (Å²) < 4.78 is 6.01. The molecule has 0 amide bonds. The summed E-state index contributed by atoms with van der Waals surface area (Å²) in [5, 5.41) is 8.81. The second-order valence-corrected chi connectivity index (χ2v) is 9.44. The van der Waals surface area contributed by atoms with Crippen molar-refractivity contribution in [1.82, 2.24) is 9.38 Å². The van der Waals surface area contributed by atoms with Gasteiger partial charge in [0.15, 0.2) is 0 Å². The molecule has 0 unspecified atom stereocenters. The summed E-state index contributed by atoms with van der Waals surface area (Å²) in [7, 11) is 2.13. The van der Waals surface area contributed by atoms with E-state index in [-0.39, 0.29) is 0 Å². The molecular weight excluding hydrogens is 386 g/mol. The third kappa shape index (κ3) is 1.70. The van der Waals surface area contributed by atoms with Crippen LogP contribution >= 0.6 is 11.3 Å². The minimum atomic E-state index is 1.12. The smallest absolute Gasteiger partial charge is 0.287 e. The van der Waals surface area contributed by atoms with Crippen molar-refractivity contribution in [1.29, 1.82) is 0 Å². The van der Waals surface area contributed by atoms with E-state index in [1.807, 2.05) is 6.33 Å². The number of hydrogen-bond acceptors (Lipinski definition) is 2. The fourth-order valence-electron chi connectivity index (χ4n) is 5.58. The topological polar surface area (TPSA) is 21.2 Å². The molecule has 4 aromatic heterocycles. The molecule has 7 aromatic rings. The van der Waals surface area contributed by atoms with E-state index >= 15 is 0 Å². The van der Waals surface area contributed by atoms with Crippen molar-refractivity contribution in [2.45, 2.75) is 20.8 Å². The molecule has 0 bridgehead atoms. The van der Waals surface area contributed by atoms with E-state index in [9.17, 15) is 0 Å². The van der Waals surface area contributed by atoms with Crippen LogP contribution in [0, 0.1) is 20.8 Å². The van der Waals surface area contributed by atoms with E-state index < -0.39 is 0 Å². The van der Waals surface area contributed by atoms with E-state index in [4.69, 9.17) is 4.98 Å². The minimum Gasteiger partial charge on any atom is -0.307 e.